The van der Waals surface area contributed by atoms with Crippen LogP contribution in [0.3, 0.4) is 0 Å². The lowest BCUT2D eigenvalue weighted by atomic mass is 9.49. The van der Waals surface area contributed by atoms with Gasteiger partial charge in [0, 0.05) is 26.1 Å². The fraction of sp³-hybridized carbons (Fsp3) is 0.655. The molecule has 38 heavy (non-hydrogen) atoms. The molecule has 2 aliphatic heterocycles. The monoisotopic (exact) mass is 525 g/mol. The molecule has 1 aliphatic carbocycles. The normalized spacial score (nSPS) is 21.1. The summed E-state index contributed by atoms with van der Waals surface area (Å²) in [5, 5.41) is 11.7. The molecule has 2 spiro atoms. The van der Waals surface area contributed by atoms with Crippen LogP contribution in [0, 0.1) is 16.7 Å². The maximum atomic E-state index is 13.0. The van der Waals surface area contributed by atoms with Crippen LogP contribution in [0.1, 0.15) is 57.9 Å². The summed E-state index contributed by atoms with van der Waals surface area (Å²) in [6.07, 6.45) is 5.65. The summed E-state index contributed by atoms with van der Waals surface area (Å²) < 4.78 is 0. The molecule has 2 heterocycles. The highest BCUT2D eigenvalue weighted by atomic mass is 16.2. The SMILES string of the molecule is CN[C@H](Cc1ccccc1)C(=O)NC(CC(C)C)C(=O)NCC(=O)N1CCC2(CC1)CC1(CNC(=O)C1)C2. The maximum absolute atomic E-state index is 13.0. The number of likely N-dealkylation sites (tertiary alicyclic amines) is 1. The summed E-state index contributed by atoms with van der Waals surface area (Å²) >= 11 is 0. The van der Waals surface area contributed by atoms with E-state index >= 15 is 0 Å². The number of hydrogen-bond acceptors (Lipinski definition) is 5. The lowest BCUT2D eigenvalue weighted by molar-refractivity contribution is -0.139. The fourth-order valence-electron chi connectivity index (χ4n) is 6.67. The van der Waals surface area contributed by atoms with Crippen molar-refractivity contribution in [3.63, 3.8) is 0 Å². The van der Waals surface area contributed by atoms with Gasteiger partial charge in [-0.05, 0) is 67.9 Å². The Morgan fingerprint density at radius 2 is 1.68 bits per heavy atom. The van der Waals surface area contributed by atoms with E-state index in [0.29, 0.717) is 32.4 Å². The molecule has 1 saturated carbocycles. The van der Waals surface area contributed by atoms with Crippen molar-refractivity contribution in [3.8, 4) is 0 Å². The first-order chi connectivity index (χ1) is 18.1. The number of carbonyl (C=O) groups is 4. The highest BCUT2D eigenvalue weighted by molar-refractivity contribution is 5.92. The Hall–Kier alpha value is -2.94. The molecule has 1 unspecified atom stereocenters. The number of rotatable bonds is 10. The molecule has 4 amide bonds. The van der Waals surface area contributed by atoms with Gasteiger partial charge in [0.15, 0.2) is 0 Å². The third kappa shape index (κ3) is 6.73. The minimum absolute atomic E-state index is 0.0713. The zero-order valence-electron chi connectivity index (χ0n) is 23.0. The smallest absolute Gasteiger partial charge is 0.243 e. The molecule has 0 radical (unpaired) electrons. The Morgan fingerprint density at radius 1 is 1.00 bits per heavy atom. The Bertz CT molecular complexity index is 1010. The minimum atomic E-state index is -0.708. The molecular formula is C29H43N5O4. The molecule has 4 N–H and O–H groups in total. The predicted octanol–water partition coefficient (Wildman–Crippen LogP) is 1.37. The van der Waals surface area contributed by atoms with E-state index in [-0.39, 0.29) is 46.9 Å². The number of likely N-dealkylation sites (N-methyl/N-ethyl adjacent to an activating group) is 1. The average molecular weight is 526 g/mol. The molecular weight excluding hydrogens is 482 g/mol. The molecule has 208 valence electrons. The lowest BCUT2D eigenvalue weighted by Gasteiger charge is -2.57. The number of amides is 4. The number of benzene rings is 1. The number of carbonyl (C=O) groups excluding carboxylic acids is 4. The molecule has 9 heteroatoms. The second-order valence-electron chi connectivity index (χ2n) is 12.1. The van der Waals surface area contributed by atoms with Crippen LogP contribution in [0.25, 0.3) is 0 Å². The van der Waals surface area contributed by atoms with Crippen LogP contribution in [0.4, 0.5) is 0 Å². The second-order valence-corrected chi connectivity index (χ2v) is 12.1. The molecule has 3 aliphatic rings. The third-order valence-electron chi connectivity index (χ3n) is 8.57. The van der Waals surface area contributed by atoms with Crippen molar-refractivity contribution in [1.82, 2.24) is 26.2 Å². The largest absolute Gasteiger partial charge is 0.356 e. The van der Waals surface area contributed by atoms with Crippen molar-refractivity contribution in [3.05, 3.63) is 35.9 Å². The first kappa shape index (κ1) is 28.1. The number of piperidine rings is 1. The van der Waals surface area contributed by atoms with Crippen molar-refractivity contribution in [1.29, 1.82) is 0 Å². The molecule has 4 rings (SSSR count). The zero-order valence-corrected chi connectivity index (χ0v) is 23.0. The highest BCUT2D eigenvalue weighted by Crippen LogP contribution is 2.61. The lowest BCUT2D eigenvalue weighted by Crippen LogP contribution is -2.56. The van der Waals surface area contributed by atoms with E-state index in [2.05, 4.69) is 21.3 Å². The first-order valence-corrected chi connectivity index (χ1v) is 14.0. The van der Waals surface area contributed by atoms with Crippen LogP contribution in [0.15, 0.2) is 30.3 Å². The van der Waals surface area contributed by atoms with Crippen molar-refractivity contribution in [2.45, 2.75) is 70.9 Å². The highest BCUT2D eigenvalue weighted by Gasteiger charge is 2.57. The maximum Gasteiger partial charge on any atom is 0.243 e. The Labute approximate surface area is 225 Å². The Kier molecular flexibility index (Phi) is 8.75. The van der Waals surface area contributed by atoms with Gasteiger partial charge in [-0.2, -0.15) is 0 Å². The summed E-state index contributed by atoms with van der Waals surface area (Å²) in [4.78, 5) is 52.5. The van der Waals surface area contributed by atoms with E-state index in [9.17, 15) is 19.2 Å². The third-order valence-corrected chi connectivity index (χ3v) is 8.57. The van der Waals surface area contributed by atoms with Gasteiger partial charge in [-0.3, -0.25) is 19.2 Å². The van der Waals surface area contributed by atoms with E-state index < -0.39 is 12.1 Å². The number of nitrogens with one attached hydrogen (secondary N) is 4. The van der Waals surface area contributed by atoms with E-state index in [1.54, 1.807) is 7.05 Å². The topological polar surface area (TPSA) is 120 Å². The molecule has 2 saturated heterocycles. The quantitative estimate of drug-likeness (QED) is 0.368. The van der Waals surface area contributed by atoms with Gasteiger partial charge in [0.2, 0.25) is 23.6 Å². The van der Waals surface area contributed by atoms with Crippen LogP contribution in [-0.2, 0) is 25.6 Å². The van der Waals surface area contributed by atoms with E-state index in [4.69, 9.17) is 0 Å². The summed E-state index contributed by atoms with van der Waals surface area (Å²) in [5.74, 6) is -0.303. The van der Waals surface area contributed by atoms with Gasteiger partial charge >= 0.3 is 0 Å². The predicted molar refractivity (Wildman–Crippen MR) is 145 cm³/mol. The van der Waals surface area contributed by atoms with Crippen molar-refractivity contribution < 1.29 is 19.2 Å². The van der Waals surface area contributed by atoms with Crippen molar-refractivity contribution >= 4 is 23.6 Å². The molecule has 0 bridgehead atoms. The standard InChI is InChI=1S/C29H43N5O4/c1-20(2)13-23(33-27(38)22(30-3)14-21-7-5-4-6-8-21)26(37)31-16-25(36)34-11-9-28(10-12-34)17-29(18-28)15-24(35)32-19-29/h4-8,20,22-23,30H,9-19H2,1-3H3,(H,31,37)(H,32,35)(H,33,38)/t22-,23?/m1/s1. The van der Waals surface area contributed by atoms with Gasteiger partial charge in [-0.15, -0.1) is 0 Å². The first-order valence-electron chi connectivity index (χ1n) is 14.0. The Balaban J connectivity index is 1.24. The molecule has 1 aromatic rings. The molecule has 3 fully saturated rings. The van der Waals surface area contributed by atoms with Crippen LogP contribution in [-0.4, -0.2) is 73.8 Å². The summed E-state index contributed by atoms with van der Waals surface area (Å²) in [7, 11) is 1.74. The van der Waals surface area contributed by atoms with Gasteiger partial charge in [-0.25, -0.2) is 0 Å². The number of hydrogen-bond donors (Lipinski definition) is 4. The molecule has 9 nitrogen and oxygen atoms in total. The van der Waals surface area contributed by atoms with Gasteiger partial charge < -0.3 is 26.2 Å². The van der Waals surface area contributed by atoms with Crippen molar-refractivity contribution in [2.24, 2.45) is 16.7 Å². The van der Waals surface area contributed by atoms with E-state index in [0.717, 1.165) is 37.8 Å². The van der Waals surface area contributed by atoms with Gasteiger partial charge in [0.05, 0.1) is 12.6 Å². The molecule has 2 atom stereocenters. The molecule has 1 aromatic carbocycles. The summed E-state index contributed by atoms with van der Waals surface area (Å²) in [6.45, 7) is 6.09. The van der Waals surface area contributed by atoms with Gasteiger partial charge in [0.1, 0.15) is 6.04 Å². The minimum Gasteiger partial charge on any atom is -0.356 e. The van der Waals surface area contributed by atoms with E-state index in [1.807, 2.05) is 49.1 Å². The second kappa shape index (κ2) is 11.8. The van der Waals surface area contributed by atoms with Crippen LogP contribution in [0.2, 0.25) is 0 Å². The molecule has 0 aromatic heterocycles. The zero-order chi connectivity index (χ0) is 27.3. The van der Waals surface area contributed by atoms with Crippen molar-refractivity contribution in [2.75, 3.05) is 33.2 Å². The van der Waals surface area contributed by atoms with Crippen LogP contribution in [0.5, 0.6) is 0 Å². The van der Waals surface area contributed by atoms with E-state index in [1.165, 1.54) is 0 Å². The van der Waals surface area contributed by atoms with Crippen LogP contribution >= 0.6 is 0 Å². The summed E-state index contributed by atoms with van der Waals surface area (Å²) in [6, 6.07) is 8.58. The van der Waals surface area contributed by atoms with Crippen LogP contribution < -0.4 is 21.3 Å². The number of nitrogens with zero attached hydrogens (tertiary/aromatic N) is 1. The summed E-state index contributed by atoms with van der Waals surface area (Å²) in [5.41, 5.74) is 1.43. The van der Waals surface area contributed by atoms with Gasteiger partial charge in [-0.1, -0.05) is 44.2 Å². The fourth-order valence-corrected chi connectivity index (χ4v) is 6.67. The average Bonchev–Trinajstić information content (AvgIpc) is 3.26. The Morgan fingerprint density at radius 3 is 2.26 bits per heavy atom. The van der Waals surface area contributed by atoms with Gasteiger partial charge in [0.25, 0.3) is 0 Å².